The Bertz CT molecular complexity index is 514. The van der Waals surface area contributed by atoms with Crippen LogP contribution in [0, 0.1) is 25.2 Å². The number of hydrogen-bond acceptors (Lipinski definition) is 3. The molecule has 0 aliphatic carbocycles. The van der Waals surface area contributed by atoms with E-state index in [0.717, 1.165) is 16.7 Å². The maximum Gasteiger partial charge on any atom is 0.190 e. The summed E-state index contributed by atoms with van der Waals surface area (Å²) in [5.74, 6) is 0. The number of rotatable bonds is 1. The third-order valence-electron chi connectivity index (χ3n) is 2.15. The van der Waals surface area contributed by atoms with Crippen LogP contribution in [0.2, 0.25) is 0 Å². The van der Waals surface area contributed by atoms with Crippen LogP contribution in [-0.4, -0.2) is 15.4 Å². The van der Waals surface area contributed by atoms with Crippen molar-refractivity contribution in [2.45, 2.75) is 13.8 Å². The van der Waals surface area contributed by atoms with E-state index < -0.39 is 0 Å². The molecule has 15 heavy (non-hydrogen) atoms. The van der Waals surface area contributed by atoms with Crippen LogP contribution < -0.4 is 0 Å². The normalized spacial score (nSPS) is 9.93. The molecule has 1 aromatic carbocycles. The first kappa shape index (κ1) is 9.41. The summed E-state index contributed by atoms with van der Waals surface area (Å²) in [4.78, 5) is 0. The van der Waals surface area contributed by atoms with Crippen molar-refractivity contribution in [2.24, 2.45) is 0 Å². The lowest BCUT2D eigenvalue weighted by Crippen LogP contribution is -1.85. The largest absolute Gasteiger partial charge is 0.196 e. The number of nitrogens with zero attached hydrogens (tertiary/aromatic N) is 3. The van der Waals surface area contributed by atoms with Crippen LogP contribution >= 0.6 is 0 Å². The molecule has 1 N–H and O–H groups in total. The van der Waals surface area contributed by atoms with Crippen molar-refractivity contribution < 1.29 is 0 Å². The highest BCUT2D eigenvalue weighted by Gasteiger charge is 2.09. The molecule has 2 rings (SSSR count). The molecule has 0 fully saturated rings. The molecule has 74 valence electrons. The predicted octanol–water partition coefficient (Wildman–Crippen LogP) is 1.96. The van der Waals surface area contributed by atoms with Gasteiger partial charge in [0.2, 0.25) is 0 Å². The van der Waals surface area contributed by atoms with E-state index in [1.165, 1.54) is 0 Å². The van der Waals surface area contributed by atoms with E-state index in [-0.39, 0.29) is 0 Å². The minimum atomic E-state index is 0.333. The predicted molar refractivity (Wildman–Crippen MR) is 56.0 cm³/mol. The summed E-state index contributed by atoms with van der Waals surface area (Å²) >= 11 is 0. The van der Waals surface area contributed by atoms with Gasteiger partial charge < -0.3 is 0 Å². The number of benzene rings is 1. The Labute approximate surface area is 87.6 Å². The lowest BCUT2D eigenvalue weighted by Gasteiger charge is -2.01. The topological polar surface area (TPSA) is 65.4 Å². The van der Waals surface area contributed by atoms with Gasteiger partial charge in [0.05, 0.1) is 0 Å². The van der Waals surface area contributed by atoms with Gasteiger partial charge in [-0.05, 0) is 26.0 Å². The van der Waals surface area contributed by atoms with Crippen LogP contribution in [-0.2, 0) is 0 Å². The molecule has 0 bridgehead atoms. The summed E-state index contributed by atoms with van der Waals surface area (Å²) in [7, 11) is 0. The number of aromatic nitrogens is 3. The Morgan fingerprint density at radius 3 is 2.40 bits per heavy atom. The zero-order valence-electron chi connectivity index (χ0n) is 8.57. The van der Waals surface area contributed by atoms with Crippen molar-refractivity contribution in [3.63, 3.8) is 0 Å². The highest BCUT2D eigenvalue weighted by atomic mass is 15.3. The van der Waals surface area contributed by atoms with Crippen LogP contribution in [0.15, 0.2) is 18.2 Å². The number of nitrogens with one attached hydrogen (secondary N) is 1. The highest BCUT2D eigenvalue weighted by Crippen LogP contribution is 2.21. The van der Waals surface area contributed by atoms with Crippen molar-refractivity contribution in [3.8, 4) is 17.3 Å². The Balaban J connectivity index is 2.60. The van der Waals surface area contributed by atoms with Crippen molar-refractivity contribution in [3.05, 3.63) is 35.0 Å². The van der Waals surface area contributed by atoms with Gasteiger partial charge in [0.15, 0.2) is 5.69 Å². The number of aromatic amines is 1. The summed E-state index contributed by atoms with van der Waals surface area (Å²) < 4.78 is 0. The smallest absolute Gasteiger partial charge is 0.190 e. The molecular weight excluding hydrogens is 188 g/mol. The lowest BCUT2D eigenvalue weighted by atomic mass is 10.0. The second-order valence-electron chi connectivity index (χ2n) is 3.51. The summed E-state index contributed by atoms with van der Waals surface area (Å²) in [5, 5.41) is 19.1. The van der Waals surface area contributed by atoms with E-state index in [4.69, 9.17) is 5.26 Å². The zero-order valence-corrected chi connectivity index (χ0v) is 8.57. The minimum Gasteiger partial charge on any atom is -0.196 e. The first-order valence-corrected chi connectivity index (χ1v) is 4.60. The van der Waals surface area contributed by atoms with E-state index in [1.807, 2.05) is 32.0 Å². The highest BCUT2D eigenvalue weighted by molar-refractivity contribution is 5.65. The zero-order chi connectivity index (χ0) is 10.8. The summed E-state index contributed by atoms with van der Waals surface area (Å²) in [6.07, 6.45) is 0. The molecule has 0 amide bonds. The lowest BCUT2D eigenvalue weighted by molar-refractivity contribution is 0.937. The molecule has 4 nitrogen and oxygen atoms in total. The van der Waals surface area contributed by atoms with Gasteiger partial charge in [-0.2, -0.15) is 15.6 Å². The van der Waals surface area contributed by atoms with Gasteiger partial charge in [-0.3, -0.25) is 0 Å². The standard InChI is InChI=1S/C11H10N4/c1-7-3-8(2)5-9(4-7)11-10(6-12)13-15-14-11/h3-5H,1-2H3,(H,13,14,15). The first-order valence-electron chi connectivity index (χ1n) is 4.60. The van der Waals surface area contributed by atoms with Gasteiger partial charge in [0, 0.05) is 5.56 Å². The molecule has 0 radical (unpaired) electrons. The third kappa shape index (κ3) is 1.72. The SMILES string of the molecule is Cc1cc(C)cc(-c2n[nH]nc2C#N)c1. The van der Waals surface area contributed by atoms with Crippen LogP contribution in [0.3, 0.4) is 0 Å². The van der Waals surface area contributed by atoms with Gasteiger partial charge in [-0.1, -0.05) is 17.2 Å². The molecule has 0 atom stereocenters. The number of nitriles is 1. The summed E-state index contributed by atoms with van der Waals surface area (Å²) in [6.45, 7) is 4.03. The van der Waals surface area contributed by atoms with Crippen molar-refractivity contribution in [1.29, 1.82) is 5.26 Å². The van der Waals surface area contributed by atoms with Gasteiger partial charge in [0.25, 0.3) is 0 Å². The fraction of sp³-hybridized carbons (Fsp3) is 0.182. The van der Waals surface area contributed by atoms with Gasteiger partial charge in [0.1, 0.15) is 11.8 Å². The summed E-state index contributed by atoms with van der Waals surface area (Å²) in [5.41, 5.74) is 4.18. The maximum absolute atomic E-state index is 8.83. The van der Waals surface area contributed by atoms with Crippen molar-refractivity contribution >= 4 is 0 Å². The molecular formula is C11H10N4. The molecule has 4 heteroatoms. The molecule has 1 heterocycles. The fourth-order valence-corrected chi connectivity index (χ4v) is 1.62. The maximum atomic E-state index is 8.83. The first-order chi connectivity index (χ1) is 7.20. The van der Waals surface area contributed by atoms with Crippen LogP contribution in [0.25, 0.3) is 11.3 Å². The Morgan fingerprint density at radius 1 is 1.13 bits per heavy atom. The van der Waals surface area contributed by atoms with E-state index >= 15 is 0 Å². The van der Waals surface area contributed by atoms with Gasteiger partial charge in [-0.15, -0.1) is 5.10 Å². The van der Waals surface area contributed by atoms with Crippen LogP contribution in [0.5, 0.6) is 0 Å². The average Bonchev–Trinajstić information content (AvgIpc) is 2.63. The minimum absolute atomic E-state index is 0.333. The monoisotopic (exact) mass is 198 g/mol. The fourth-order valence-electron chi connectivity index (χ4n) is 1.62. The Morgan fingerprint density at radius 2 is 1.80 bits per heavy atom. The molecule has 1 aromatic heterocycles. The number of aryl methyl sites for hydroxylation is 2. The molecule has 0 unspecified atom stereocenters. The number of H-pyrrole nitrogens is 1. The van der Waals surface area contributed by atoms with Crippen molar-refractivity contribution in [2.75, 3.05) is 0 Å². The third-order valence-corrected chi connectivity index (χ3v) is 2.15. The molecule has 0 aliphatic heterocycles. The molecule has 2 aromatic rings. The Hall–Kier alpha value is -2.15. The van der Waals surface area contributed by atoms with Gasteiger partial charge >= 0.3 is 0 Å². The molecule has 0 saturated carbocycles. The molecule has 0 aliphatic rings. The van der Waals surface area contributed by atoms with E-state index in [9.17, 15) is 0 Å². The molecule has 0 spiro atoms. The van der Waals surface area contributed by atoms with E-state index in [2.05, 4.69) is 21.5 Å². The van der Waals surface area contributed by atoms with Gasteiger partial charge in [-0.25, -0.2) is 0 Å². The van der Waals surface area contributed by atoms with Crippen LogP contribution in [0.1, 0.15) is 16.8 Å². The second kappa shape index (κ2) is 3.54. The summed E-state index contributed by atoms with van der Waals surface area (Å²) in [6, 6.07) is 8.07. The number of hydrogen-bond donors (Lipinski definition) is 1. The van der Waals surface area contributed by atoms with E-state index in [0.29, 0.717) is 11.4 Å². The average molecular weight is 198 g/mol. The quantitative estimate of drug-likeness (QED) is 0.761. The Kier molecular flexibility index (Phi) is 2.22. The van der Waals surface area contributed by atoms with E-state index in [1.54, 1.807) is 0 Å². The van der Waals surface area contributed by atoms with Crippen molar-refractivity contribution in [1.82, 2.24) is 15.4 Å². The second-order valence-corrected chi connectivity index (χ2v) is 3.51. The molecule has 0 saturated heterocycles. The van der Waals surface area contributed by atoms with Crippen LogP contribution in [0.4, 0.5) is 0 Å².